The summed E-state index contributed by atoms with van der Waals surface area (Å²) in [6.45, 7) is 7.28. The summed E-state index contributed by atoms with van der Waals surface area (Å²) in [5.74, 6) is 0. The minimum Gasteiger partial charge on any atom is -0.394 e. The second-order valence-electron chi connectivity index (χ2n) is 4.99. The summed E-state index contributed by atoms with van der Waals surface area (Å²) in [5.41, 5.74) is 2.42. The highest BCUT2D eigenvalue weighted by Gasteiger charge is 2.34. The molecule has 1 saturated heterocycles. The van der Waals surface area contributed by atoms with Crippen molar-refractivity contribution in [2.75, 3.05) is 13.2 Å². The van der Waals surface area contributed by atoms with E-state index in [1.165, 1.54) is 11.1 Å². The highest BCUT2D eigenvalue weighted by molar-refractivity contribution is 5.23. The van der Waals surface area contributed by atoms with Gasteiger partial charge in [0.15, 0.2) is 0 Å². The molecule has 1 aliphatic rings. The van der Waals surface area contributed by atoms with Crippen LogP contribution in [0.3, 0.4) is 0 Å². The van der Waals surface area contributed by atoms with Gasteiger partial charge in [0.1, 0.15) is 6.23 Å². The number of aliphatic hydroxyl groups is 1. The molecule has 1 aromatic carbocycles. The van der Waals surface area contributed by atoms with Crippen LogP contribution in [0.1, 0.15) is 31.2 Å². The van der Waals surface area contributed by atoms with Crippen LogP contribution in [0.15, 0.2) is 24.3 Å². The fourth-order valence-corrected chi connectivity index (χ4v) is 2.22. The lowest BCUT2D eigenvalue weighted by Gasteiger charge is -2.26. The molecule has 0 saturated carbocycles. The largest absolute Gasteiger partial charge is 0.394 e. The molecule has 1 fully saturated rings. The van der Waals surface area contributed by atoms with Gasteiger partial charge in [-0.3, -0.25) is 4.90 Å². The van der Waals surface area contributed by atoms with E-state index >= 15 is 0 Å². The molecule has 94 valence electrons. The second kappa shape index (κ2) is 5.17. The van der Waals surface area contributed by atoms with Gasteiger partial charge in [-0.1, -0.05) is 29.8 Å². The number of aliphatic hydroxyl groups excluding tert-OH is 1. The first-order chi connectivity index (χ1) is 8.11. The predicted octanol–water partition coefficient (Wildman–Crippen LogP) is 2.10. The molecule has 1 aromatic rings. The lowest BCUT2D eigenvalue weighted by Crippen LogP contribution is -2.32. The van der Waals surface area contributed by atoms with Crippen LogP contribution in [0.2, 0.25) is 0 Å². The molecule has 3 nitrogen and oxygen atoms in total. The van der Waals surface area contributed by atoms with Crippen LogP contribution in [-0.4, -0.2) is 35.3 Å². The third kappa shape index (κ3) is 2.68. The molecule has 0 aliphatic carbocycles. The van der Waals surface area contributed by atoms with E-state index < -0.39 is 0 Å². The predicted molar refractivity (Wildman–Crippen MR) is 67.7 cm³/mol. The standard InChI is InChI=1S/C14H21NO2/c1-10(2)15-8-13(9-16)17-14(15)12-6-4-11(3)5-7-12/h4-7,10,13-14,16H,8-9H2,1-3H3. The zero-order valence-corrected chi connectivity index (χ0v) is 10.8. The van der Waals surface area contributed by atoms with E-state index in [0.717, 1.165) is 6.54 Å². The van der Waals surface area contributed by atoms with Crippen LogP contribution in [0.25, 0.3) is 0 Å². The third-order valence-corrected chi connectivity index (χ3v) is 3.27. The van der Waals surface area contributed by atoms with Gasteiger partial charge in [0.25, 0.3) is 0 Å². The van der Waals surface area contributed by atoms with Crippen molar-refractivity contribution in [3.63, 3.8) is 0 Å². The summed E-state index contributed by atoms with van der Waals surface area (Å²) in [4.78, 5) is 2.28. The molecule has 2 atom stereocenters. The Morgan fingerprint density at radius 3 is 2.53 bits per heavy atom. The monoisotopic (exact) mass is 235 g/mol. The Kier molecular flexibility index (Phi) is 3.82. The van der Waals surface area contributed by atoms with Gasteiger partial charge in [0, 0.05) is 12.6 Å². The van der Waals surface area contributed by atoms with Crippen LogP contribution < -0.4 is 0 Å². The van der Waals surface area contributed by atoms with E-state index in [4.69, 9.17) is 4.74 Å². The maximum atomic E-state index is 9.22. The number of hydrogen-bond donors (Lipinski definition) is 1. The summed E-state index contributed by atoms with van der Waals surface area (Å²) in [6, 6.07) is 8.83. The molecule has 0 amide bonds. The summed E-state index contributed by atoms with van der Waals surface area (Å²) < 4.78 is 5.89. The number of benzene rings is 1. The molecule has 1 N–H and O–H groups in total. The molecule has 1 aliphatic heterocycles. The van der Waals surface area contributed by atoms with Crippen LogP contribution in [0.4, 0.5) is 0 Å². The molecular weight excluding hydrogens is 214 g/mol. The van der Waals surface area contributed by atoms with Crippen molar-refractivity contribution in [2.45, 2.75) is 39.1 Å². The first-order valence-corrected chi connectivity index (χ1v) is 6.20. The number of ether oxygens (including phenoxy) is 1. The van der Waals surface area contributed by atoms with Gasteiger partial charge >= 0.3 is 0 Å². The van der Waals surface area contributed by atoms with E-state index in [2.05, 4.69) is 49.9 Å². The van der Waals surface area contributed by atoms with Crippen LogP contribution >= 0.6 is 0 Å². The molecule has 17 heavy (non-hydrogen) atoms. The van der Waals surface area contributed by atoms with E-state index in [1.54, 1.807) is 0 Å². The molecule has 0 bridgehead atoms. The average Bonchev–Trinajstić information content (AvgIpc) is 2.74. The van der Waals surface area contributed by atoms with Crippen LogP contribution in [0.5, 0.6) is 0 Å². The summed E-state index contributed by atoms with van der Waals surface area (Å²) in [6.07, 6.45) is -0.0866. The van der Waals surface area contributed by atoms with Crippen molar-refractivity contribution in [3.8, 4) is 0 Å². The van der Waals surface area contributed by atoms with E-state index in [-0.39, 0.29) is 18.9 Å². The molecule has 3 heteroatoms. The van der Waals surface area contributed by atoms with Crippen molar-refractivity contribution >= 4 is 0 Å². The van der Waals surface area contributed by atoms with Crippen LogP contribution in [0, 0.1) is 6.92 Å². The highest BCUT2D eigenvalue weighted by atomic mass is 16.5. The molecule has 2 unspecified atom stereocenters. The first-order valence-electron chi connectivity index (χ1n) is 6.20. The van der Waals surface area contributed by atoms with Gasteiger partial charge in [0.05, 0.1) is 12.7 Å². The molecule has 0 radical (unpaired) electrons. The molecule has 0 spiro atoms. The lowest BCUT2D eigenvalue weighted by molar-refractivity contribution is -0.0266. The zero-order chi connectivity index (χ0) is 12.4. The van der Waals surface area contributed by atoms with Gasteiger partial charge in [0.2, 0.25) is 0 Å². The van der Waals surface area contributed by atoms with Gasteiger partial charge in [-0.25, -0.2) is 0 Å². The number of aryl methyl sites for hydroxylation is 1. The Bertz CT molecular complexity index is 361. The SMILES string of the molecule is Cc1ccc(C2OC(CO)CN2C(C)C)cc1. The minimum atomic E-state index is -0.0660. The third-order valence-electron chi connectivity index (χ3n) is 3.27. The smallest absolute Gasteiger partial charge is 0.137 e. The van der Waals surface area contributed by atoms with Crippen molar-refractivity contribution in [3.05, 3.63) is 35.4 Å². The van der Waals surface area contributed by atoms with Crippen molar-refractivity contribution < 1.29 is 9.84 Å². The number of nitrogens with zero attached hydrogens (tertiary/aromatic N) is 1. The Morgan fingerprint density at radius 1 is 1.35 bits per heavy atom. The average molecular weight is 235 g/mol. The fraction of sp³-hybridized carbons (Fsp3) is 0.571. The first kappa shape index (κ1) is 12.6. The topological polar surface area (TPSA) is 32.7 Å². The minimum absolute atomic E-state index is 0.0206. The van der Waals surface area contributed by atoms with Gasteiger partial charge < -0.3 is 9.84 Å². The Labute approximate surface area is 103 Å². The maximum absolute atomic E-state index is 9.22. The van der Waals surface area contributed by atoms with Crippen molar-refractivity contribution in [2.24, 2.45) is 0 Å². The van der Waals surface area contributed by atoms with E-state index in [9.17, 15) is 5.11 Å². The van der Waals surface area contributed by atoms with Gasteiger partial charge in [-0.2, -0.15) is 0 Å². The van der Waals surface area contributed by atoms with Crippen LogP contribution in [-0.2, 0) is 4.74 Å². The maximum Gasteiger partial charge on any atom is 0.137 e. The Hall–Kier alpha value is -0.900. The molecule has 0 aromatic heterocycles. The Balaban J connectivity index is 2.20. The lowest BCUT2D eigenvalue weighted by atomic mass is 10.1. The fourth-order valence-electron chi connectivity index (χ4n) is 2.22. The Morgan fingerprint density at radius 2 is 2.00 bits per heavy atom. The van der Waals surface area contributed by atoms with E-state index in [0.29, 0.717) is 6.04 Å². The van der Waals surface area contributed by atoms with Crippen molar-refractivity contribution in [1.82, 2.24) is 4.90 Å². The summed E-state index contributed by atoms with van der Waals surface area (Å²) in [7, 11) is 0. The molecular formula is C14H21NO2. The van der Waals surface area contributed by atoms with Gasteiger partial charge in [-0.15, -0.1) is 0 Å². The highest BCUT2D eigenvalue weighted by Crippen LogP contribution is 2.31. The zero-order valence-electron chi connectivity index (χ0n) is 10.8. The molecule has 2 rings (SSSR count). The quantitative estimate of drug-likeness (QED) is 0.871. The normalized spacial score (nSPS) is 25.7. The second-order valence-corrected chi connectivity index (χ2v) is 4.99. The number of hydrogen-bond acceptors (Lipinski definition) is 3. The summed E-state index contributed by atoms with van der Waals surface area (Å²) in [5, 5.41) is 9.22. The molecule has 1 heterocycles. The van der Waals surface area contributed by atoms with E-state index in [1.807, 2.05) is 0 Å². The van der Waals surface area contributed by atoms with Crippen molar-refractivity contribution in [1.29, 1.82) is 0 Å². The number of rotatable bonds is 3. The van der Waals surface area contributed by atoms with Gasteiger partial charge in [-0.05, 0) is 26.3 Å². The summed E-state index contributed by atoms with van der Waals surface area (Å²) >= 11 is 0.